The van der Waals surface area contributed by atoms with Crippen molar-refractivity contribution in [3.05, 3.63) is 29.8 Å². The highest BCUT2D eigenvalue weighted by Gasteiger charge is 2.28. The van der Waals surface area contributed by atoms with Crippen molar-refractivity contribution in [2.75, 3.05) is 13.2 Å². The molecule has 1 saturated carbocycles. The molecule has 1 aromatic carbocycles. The lowest BCUT2D eigenvalue weighted by Gasteiger charge is -2.29. The summed E-state index contributed by atoms with van der Waals surface area (Å²) in [5.41, 5.74) is 7.08. The van der Waals surface area contributed by atoms with Crippen molar-refractivity contribution in [2.45, 2.75) is 57.5 Å². The molecule has 0 aromatic heterocycles. The molecule has 3 N–H and O–H groups in total. The molecule has 1 aliphatic rings. The molecule has 0 saturated heterocycles. The average molecular weight is 291 g/mol. The molecule has 0 heterocycles. The first-order valence-corrected chi connectivity index (χ1v) is 8.37. The highest BCUT2D eigenvalue weighted by molar-refractivity contribution is 5.30. The van der Waals surface area contributed by atoms with Gasteiger partial charge >= 0.3 is 0 Å². The maximum atomic E-state index is 10.8. The van der Waals surface area contributed by atoms with Crippen molar-refractivity contribution in [3.63, 3.8) is 0 Å². The lowest BCUT2D eigenvalue weighted by Crippen LogP contribution is -2.32. The highest BCUT2D eigenvalue weighted by Crippen LogP contribution is 2.32. The minimum atomic E-state index is -0.328. The standard InChI is InChI=1S/C18H29NO2/c1-2-21-16-11-9-14(10-12-16)17(13-19)18(20)15-7-5-3-4-6-8-15/h9-12,15,17-18,20H,2-8,13,19H2,1H3. The molecule has 0 radical (unpaired) electrons. The Labute approximate surface area is 128 Å². The molecule has 1 aromatic rings. The maximum absolute atomic E-state index is 10.8. The van der Waals surface area contributed by atoms with E-state index in [1.807, 2.05) is 31.2 Å². The SMILES string of the molecule is CCOc1ccc(C(CN)C(O)C2CCCCCC2)cc1. The number of aliphatic hydroxyl groups excluding tert-OH is 1. The van der Waals surface area contributed by atoms with Crippen molar-refractivity contribution in [1.29, 1.82) is 0 Å². The van der Waals surface area contributed by atoms with Crippen molar-refractivity contribution >= 4 is 0 Å². The van der Waals surface area contributed by atoms with E-state index in [1.165, 1.54) is 25.7 Å². The minimum absolute atomic E-state index is 0.0313. The summed E-state index contributed by atoms with van der Waals surface area (Å²) in [6.45, 7) is 3.14. The molecule has 3 heteroatoms. The smallest absolute Gasteiger partial charge is 0.119 e. The van der Waals surface area contributed by atoms with E-state index >= 15 is 0 Å². The van der Waals surface area contributed by atoms with Gasteiger partial charge in [0.1, 0.15) is 5.75 Å². The monoisotopic (exact) mass is 291 g/mol. The third-order valence-corrected chi connectivity index (χ3v) is 4.67. The van der Waals surface area contributed by atoms with Gasteiger partial charge in [0.05, 0.1) is 12.7 Å². The zero-order chi connectivity index (χ0) is 15.1. The lowest BCUT2D eigenvalue weighted by atomic mass is 9.82. The summed E-state index contributed by atoms with van der Waals surface area (Å²) >= 11 is 0. The zero-order valence-electron chi connectivity index (χ0n) is 13.1. The van der Waals surface area contributed by atoms with Crippen LogP contribution in [0.25, 0.3) is 0 Å². The average Bonchev–Trinajstić information content (AvgIpc) is 2.79. The Hall–Kier alpha value is -1.06. The molecule has 3 nitrogen and oxygen atoms in total. The van der Waals surface area contributed by atoms with E-state index in [1.54, 1.807) is 0 Å². The largest absolute Gasteiger partial charge is 0.494 e. The Morgan fingerprint density at radius 2 is 1.76 bits per heavy atom. The second-order valence-electron chi connectivity index (χ2n) is 6.09. The van der Waals surface area contributed by atoms with Crippen LogP contribution in [0.3, 0.4) is 0 Å². The van der Waals surface area contributed by atoms with Crippen molar-refractivity contribution in [3.8, 4) is 5.75 Å². The van der Waals surface area contributed by atoms with Crippen LogP contribution < -0.4 is 10.5 Å². The number of hydrogen-bond acceptors (Lipinski definition) is 3. The van der Waals surface area contributed by atoms with Gasteiger partial charge in [0.25, 0.3) is 0 Å². The minimum Gasteiger partial charge on any atom is -0.494 e. The number of nitrogens with two attached hydrogens (primary N) is 1. The summed E-state index contributed by atoms with van der Waals surface area (Å²) < 4.78 is 5.47. The van der Waals surface area contributed by atoms with E-state index in [0.29, 0.717) is 19.1 Å². The number of aliphatic hydroxyl groups is 1. The van der Waals surface area contributed by atoms with E-state index in [2.05, 4.69) is 0 Å². The van der Waals surface area contributed by atoms with Gasteiger partial charge in [-0.3, -0.25) is 0 Å². The van der Waals surface area contributed by atoms with Crippen molar-refractivity contribution in [1.82, 2.24) is 0 Å². The zero-order valence-corrected chi connectivity index (χ0v) is 13.1. The molecule has 1 fully saturated rings. The van der Waals surface area contributed by atoms with Gasteiger partial charge in [-0.15, -0.1) is 0 Å². The van der Waals surface area contributed by atoms with Gasteiger partial charge in [0.2, 0.25) is 0 Å². The van der Waals surface area contributed by atoms with E-state index in [9.17, 15) is 5.11 Å². The van der Waals surface area contributed by atoms with Crippen LogP contribution in [0.4, 0.5) is 0 Å². The Morgan fingerprint density at radius 1 is 1.14 bits per heavy atom. The fourth-order valence-corrected chi connectivity index (χ4v) is 3.43. The molecule has 2 unspecified atom stereocenters. The molecule has 2 rings (SSSR count). The Morgan fingerprint density at radius 3 is 2.29 bits per heavy atom. The molecule has 118 valence electrons. The van der Waals surface area contributed by atoms with Crippen molar-refractivity contribution < 1.29 is 9.84 Å². The number of benzene rings is 1. The van der Waals surface area contributed by atoms with E-state index in [-0.39, 0.29) is 12.0 Å². The molecule has 0 bridgehead atoms. The van der Waals surface area contributed by atoms with Gasteiger partial charge in [-0.25, -0.2) is 0 Å². The number of rotatable bonds is 6. The quantitative estimate of drug-likeness (QED) is 0.789. The van der Waals surface area contributed by atoms with Crippen molar-refractivity contribution in [2.24, 2.45) is 11.7 Å². The first kappa shape index (κ1) is 16.3. The van der Waals surface area contributed by atoms with Gasteiger partial charge in [0.15, 0.2) is 0 Å². The molecule has 1 aliphatic carbocycles. The summed E-state index contributed by atoms with van der Waals surface area (Å²) in [6, 6.07) is 8.04. The summed E-state index contributed by atoms with van der Waals surface area (Å²) in [4.78, 5) is 0. The number of ether oxygens (including phenoxy) is 1. The molecule has 0 spiro atoms. The third-order valence-electron chi connectivity index (χ3n) is 4.67. The van der Waals surface area contributed by atoms with E-state index < -0.39 is 0 Å². The van der Waals surface area contributed by atoms with Crippen LogP contribution in [0.5, 0.6) is 5.75 Å². The van der Waals surface area contributed by atoms with Crippen LogP contribution in [0.2, 0.25) is 0 Å². The molecule has 21 heavy (non-hydrogen) atoms. The van der Waals surface area contributed by atoms with Gasteiger partial charge in [-0.05, 0) is 43.4 Å². The second-order valence-corrected chi connectivity index (χ2v) is 6.09. The molecule has 0 amide bonds. The second kappa shape index (κ2) is 8.40. The van der Waals surface area contributed by atoms with Gasteiger partial charge in [-0.2, -0.15) is 0 Å². The summed E-state index contributed by atoms with van der Waals surface area (Å²) in [7, 11) is 0. The van der Waals surface area contributed by atoms with Crippen LogP contribution in [0, 0.1) is 5.92 Å². The van der Waals surface area contributed by atoms with Crippen LogP contribution in [-0.4, -0.2) is 24.4 Å². The van der Waals surface area contributed by atoms with E-state index in [4.69, 9.17) is 10.5 Å². The van der Waals surface area contributed by atoms with Crippen LogP contribution in [-0.2, 0) is 0 Å². The fraction of sp³-hybridized carbons (Fsp3) is 0.667. The predicted molar refractivity (Wildman–Crippen MR) is 86.6 cm³/mol. The molecule has 0 aliphatic heterocycles. The predicted octanol–water partition coefficient (Wildman–Crippen LogP) is 3.46. The summed E-state index contributed by atoms with van der Waals surface area (Å²) in [5, 5.41) is 10.8. The fourth-order valence-electron chi connectivity index (χ4n) is 3.43. The van der Waals surface area contributed by atoms with Gasteiger partial charge in [0, 0.05) is 12.5 Å². The Bertz CT molecular complexity index is 396. The molecular formula is C18H29NO2. The van der Waals surface area contributed by atoms with Crippen LogP contribution >= 0.6 is 0 Å². The summed E-state index contributed by atoms with van der Waals surface area (Å²) in [6.07, 6.45) is 7.03. The Kier molecular flexibility index (Phi) is 6.52. The van der Waals surface area contributed by atoms with Gasteiger partial charge < -0.3 is 15.6 Å². The topological polar surface area (TPSA) is 55.5 Å². The maximum Gasteiger partial charge on any atom is 0.119 e. The normalized spacial score (nSPS) is 19.8. The third kappa shape index (κ3) is 4.45. The first-order chi connectivity index (χ1) is 10.3. The Balaban J connectivity index is 2.06. The summed E-state index contributed by atoms with van der Waals surface area (Å²) in [5.74, 6) is 1.30. The van der Waals surface area contributed by atoms with Gasteiger partial charge in [-0.1, -0.05) is 37.8 Å². The molecule has 2 atom stereocenters. The van der Waals surface area contributed by atoms with Crippen LogP contribution in [0.15, 0.2) is 24.3 Å². The van der Waals surface area contributed by atoms with Crippen LogP contribution in [0.1, 0.15) is 56.9 Å². The highest BCUT2D eigenvalue weighted by atomic mass is 16.5. The lowest BCUT2D eigenvalue weighted by molar-refractivity contribution is 0.0741. The number of hydrogen-bond donors (Lipinski definition) is 2. The van der Waals surface area contributed by atoms with E-state index in [0.717, 1.165) is 24.2 Å². The molecular weight excluding hydrogens is 262 g/mol. The first-order valence-electron chi connectivity index (χ1n) is 8.37.